The van der Waals surface area contributed by atoms with Crippen LogP contribution in [0.4, 0.5) is 4.79 Å². The van der Waals surface area contributed by atoms with Gasteiger partial charge in [0.15, 0.2) is 6.35 Å². The minimum Gasteiger partial charge on any atom is -0.484 e. The van der Waals surface area contributed by atoms with Gasteiger partial charge in [0.2, 0.25) is 8.38 Å². The van der Waals surface area contributed by atoms with Crippen molar-refractivity contribution in [3.8, 4) is 5.75 Å². The fourth-order valence-electron chi connectivity index (χ4n) is 1.72. The van der Waals surface area contributed by atoms with Gasteiger partial charge in [0.25, 0.3) is 0 Å². The minimum absolute atomic E-state index is 0.313. The van der Waals surface area contributed by atoms with Crippen LogP contribution in [0.2, 0.25) is 0 Å². The molecule has 1 aromatic rings. The number of ether oxygens (including phenoxy) is 1. The van der Waals surface area contributed by atoms with Crippen molar-refractivity contribution in [1.82, 2.24) is 5.06 Å². The van der Waals surface area contributed by atoms with Gasteiger partial charge in [-0.3, -0.25) is 5.21 Å². The van der Waals surface area contributed by atoms with Crippen LogP contribution in [0, 0.1) is 0 Å². The molecule has 0 saturated carbocycles. The van der Waals surface area contributed by atoms with E-state index in [0.29, 0.717) is 35.9 Å². The van der Waals surface area contributed by atoms with Gasteiger partial charge in [0.05, 0.1) is 19.3 Å². The molecule has 0 heterocycles. The van der Waals surface area contributed by atoms with Crippen LogP contribution in [0.15, 0.2) is 24.3 Å². The third-order valence-electron chi connectivity index (χ3n) is 2.82. The molecule has 7 nitrogen and oxygen atoms in total. The lowest BCUT2D eigenvalue weighted by Crippen LogP contribution is -2.34. The van der Waals surface area contributed by atoms with E-state index in [9.17, 15) is 10.0 Å². The van der Waals surface area contributed by atoms with Crippen LogP contribution in [0.5, 0.6) is 5.75 Å². The van der Waals surface area contributed by atoms with Crippen molar-refractivity contribution in [3.05, 3.63) is 29.8 Å². The van der Waals surface area contributed by atoms with Gasteiger partial charge in [0.1, 0.15) is 5.75 Å². The third-order valence-corrected chi connectivity index (χ3v) is 4.25. The molecule has 0 radical (unpaired) electrons. The smallest absolute Gasteiger partial charge is 0.339 e. The number of hydroxylamine groups is 2. The molecule has 1 rings (SSSR count). The number of urea groups is 1. The molecule has 2 amide bonds. The molecule has 3 N–H and O–H groups in total. The lowest BCUT2D eigenvalue weighted by molar-refractivity contribution is -0.0710. The predicted octanol–water partition coefficient (Wildman–Crippen LogP) is 3.24. The van der Waals surface area contributed by atoms with Gasteiger partial charge < -0.3 is 19.5 Å². The first-order chi connectivity index (χ1) is 10.5. The highest BCUT2D eigenvalue weighted by molar-refractivity contribution is 7.47. The Balaban J connectivity index is 2.69. The summed E-state index contributed by atoms with van der Waals surface area (Å²) in [5.41, 5.74) is 5.76. The van der Waals surface area contributed by atoms with Crippen LogP contribution < -0.4 is 10.5 Å². The molecule has 8 heteroatoms. The molecule has 1 unspecified atom stereocenters. The van der Waals surface area contributed by atoms with E-state index in [1.54, 1.807) is 31.2 Å². The highest BCUT2D eigenvalue weighted by Crippen LogP contribution is 2.38. The number of primary amides is 1. The molecule has 0 spiro atoms. The van der Waals surface area contributed by atoms with E-state index in [1.165, 1.54) is 0 Å². The number of hydrogen-bond donors (Lipinski definition) is 2. The number of nitrogens with zero attached hydrogens (tertiary/aromatic N) is 1. The summed E-state index contributed by atoms with van der Waals surface area (Å²) in [5.74, 6) is 0.606. The quantitative estimate of drug-likeness (QED) is 0.412. The minimum atomic E-state index is -1.09. The average Bonchev–Trinajstić information content (AvgIpc) is 2.51. The molecule has 0 aliphatic carbocycles. The van der Waals surface area contributed by atoms with Crippen LogP contribution in [-0.4, -0.2) is 35.9 Å². The molecule has 0 aromatic heterocycles. The SMILES string of the molecule is CCOP(COc1cccc(C(C)N(O)C(N)=O)c1)OCC. The van der Waals surface area contributed by atoms with Crippen molar-refractivity contribution in [1.29, 1.82) is 0 Å². The van der Waals surface area contributed by atoms with Crippen molar-refractivity contribution in [2.24, 2.45) is 5.73 Å². The maximum absolute atomic E-state index is 11.0. The second-order valence-corrected chi connectivity index (χ2v) is 5.81. The summed E-state index contributed by atoms with van der Waals surface area (Å²) in [5, 5.41) is 10.1. The summed E-state index contributed by atoms with van der Waals surface area (Å²) >= 11 is 0. The second-order valence-electron chi connectivity index (χ2n) is 4.37. The van der Waals surface area contributed by atoms with E-state index in [4.69, 9.17) is 19.5 Å². The zero-order valence-corrected chi connectivity index (χ0v) is 14.0. The zero-order chi connectivity index (χ0) is 16.5. The van der Waals surface area contributed by atoms with Gasteiger partial charge in [-0.25, -0.2) is 4.79 Å². The average molecular weight is 330 g/mol. The summed E-state index contributed by atoms with van der Waals surface area (Å²) in [7, 11) is -1.09. The Morgan fingerprint density at radius 2 is 2.00 bits per heavy atom. The van der Waals surface area contributed by atoms with Crippen LogP contribution in [0.3, 0.4) is 0 Å². The molecule has 0 saturated heterocycles. The highest BCUT2D eigenvalue weighted by atomic mass is 31.2. The molecule has 0 aliphatic rings. The Morgan fingerprint density at radius 1 is 1.36 bits per heavy atom. The van der Waals surface area contributed by atoms with Gasteiger partial charge in [0, 0.05) is 0 Å². The van der Waals surface area contributed by atoms with Gasteiger partial charge in [-0.05, 0) is 38.5 Å². The van der Waals surface area contributed by atoms with Gasteiger partial charge in [-0.2, -0.15) is 5.06 Å². The summed E-state index contributed by atoms with van der Waals surface area (Å²) in [6, 6.07) is 5.60. The van der Waals surface area contributed by atoms with E-state index < -0.39 is 20.4 Å². The Labute approximate surface area is 131 Å². The maximum atomic E-state index is 11.0. The summed E-state index contributed by atoms with van der Waals surface area (Å²) < 4.78 is 16.6. The number of carbonyl (C=O) groups excluding carboxylic acids is 1. The first-order valence-electron chi connectivity index (χ1n) is 7.03. The fraction of sp³-hybridized carbons (Fsp3) is 0.500. The maximum Gasteiger partial charge on any atom is 0.339 e. The van der Waals surface area contributed by atoms with Crippen LogP contribution >= 0.6 is 8.38 Å². The first kappa shape index (κ1) is 18.6. The Kier molecular flexibility index (Phi) is 8.12. The Morgan fingerprint density at radius 3 is 2.55 bits per heavy atom. The molecule has 1 atom stereocenters. The number of nitrogens with two attached hydrogens (primary N) is 1. The lowest BCUT2D eigenvalue weighted by Gasteiger charge is -2.21. The number of carbonyl (C=O) groups is 1. The number of benzene rings is 1. The number of rotatable bonds is 9. The van der Waals surface area contributed by atoms with E-state index in [0.717, 1.165) is 0 Å². The lowest BCUT2D eigenvalue weighted by atomic mass is 10.1. The van der Waals surface area contributed by atoms with E-state index in [1.807, 2.05) is 13.8 Å². The van der Waals surface area contributed by atoms with Crippen LogP contribution in [0.1, 0.15) is 32.4 Å². The molecule has 1 aromatic carbocycles. The van der Waals surface area contributed by atoms with Crippen molar-refractivity contribution in [2.45, 2.75) is 26.8 Å². The Hall–Kier alpha value is -1.40. The normalized spacial score (nSPS) is 12.2. The molecule has 22 heavy (non-hydrogen) atoms. The topological polar surface area (TPSA) is 94.3 Å². The van der Waals surface area contributed by atoms with Crippen LogP contribution in [-0.2, 0) is 9.05 Å². The van der Waals surface area contributed by atoms with E-state index in [2.05, 4.69) is 0 Å². The van der Waals surface area contributed by atoms with Crippen molar-refractivity contribution in [3.63, 3.8) is 0 Å². The standard InChI is InChI=1S/C14H23N2O5P/c1-4-20-22(21-5-2)10-19-13-8-6-7-12(9-13)11(3)16(18)14(15)17/h6-9,11,18H,4-5,10H2,1-3H3,(H2,15,17). The van der Waals surface area contributed by atoms with Gasteiger partial charge >= 0.3 is 6.03 Å². The first-order valence-corrected chi connectivity index (χ1v) is 8.39. The predicted molar refractivity (Wildman–Crippen MR) is 83.7 cm³/mol. The monoisotopic (exact) mass is 330 g/mol. The van der Waals surface area contributed by atoms with Crippen molar-refractivity contribution in [2.75, 3.05) is 19.6 Å². The molecule has 0 fully saturated rings. The zero-order valence-electron chi connectivity index (χ0n) is 13.1. The number of hydrogen-bond acceptors (Lipinski definition) is 5. The second kappa shape index (κ2) is 9.58. The summed E-state index contributed by atoms with van der Waals surface area (Å²) in [6.07, 6.45) is 0.313. The van der Waals surface area contributed by atoms with Gasteiger partial charge in [-0.1, -0.05) is 12.1 Å². The fourth-order valence-corrected chi connectivity index (χ4v) is 2.78. The van der Waals surface area contributed by atoms with Crippen molar-refractivity contribution >= 4 is 14.4 Å². The van der Waals surface area contributed by atoms with Crippen molar-refractivity contribution < 1.29 is 23.8 Å². The highest BCUT2D eigenvalue weighted by Gasteiger charge is 2.18. The molecular weight excluding hydrogens is 307 g/mol. The summed E-state index contributed by atoms with van der Waals surface area (Å²) in [4.78, 5) is 11.0. The molecule has 0 aliphatic heterocycles. The van der Waals surface area contributed by atoms with Gasteiger partial charge in [-0.15, -0.1) is 0 Å². The van der Waals surface area contributed by atoms with E-state index in [-0.39, 0.29) is 0 Å². The molecule has 0 bridgehead atoms. The largest absolute Gasteiger partial charge is 0.484 e. The number of amides is 2. The summed E-state index contributed by atoms with van der Waals surface area (Å²) in [6.45, 7) is 6.58. The van der Waals surface area contributed by atoms with E-state index >= 15 is 0 Å². The molecule has 124 valence electrons. The molecular formula is C14H23N2O5P. The Bertz CT molecular complexity index is 468. The third kappa shape index (κ3) is 5.77. The van der Waals surface area contributed by atoms with Crippen LogP contribution in [0.25, 0.3) is 0 Å².